The van der Waals surface area contributed by atoms with Gasteiger partial charge in [0.2, 0.25) is 0 Å². The normalized spacial score (nSPS) is 17.1. The summed E-state index contributed by atoms with van der Waals surface area (Å²) in [7, 11) is 3.24. The number of hydrogen-bond donors (Lipinski definition) is 1. The Morgan fingerprint density at radius 2 is 1.87 bits per heavy atom. The minimum absolute atomic E-state index is 0.0155. The first-order chi connectivity index (χ1) is 14.6. The fourth-order valence-electron chi connectivity index (χ4n) is 4.23. The van der Waals surface area contributed by atoms with Crippen LogP contribution in [0, 0.1) is 11.6 Å². The summed E-state index contributed by atoms with van der Waals surface area (Å²) in [5.41, 5.74) is 2.40. The van der Waals surface area contributed by atoms with E-state index in [-0.39, 0.29) is 11.5 Å². The monoisotopic (exact) mass is 413 g/mol. The summed E-state index contributed by atoms with van der Waals surface area (Å²) in [5.74, 6) is 0.378. The lowest BCUT2D eigenvalue weighted by molar-refractivity contribution is 0.198. The highest BCUT2D eigenvalue weighted by molar-refractivity contribution is 5.67. The number of aromatic nitrogens is 2. The zero-order valence-corrected chi connectivity index (χ0v) is 17.1. The maximum absolute atomic E-state index is 14.3. The highest BCUT2D eigenvalue weighted by Gasteiger charge is 2.27. The van der Waals surface area contributed by atoms with Crippen LogP contribution in [0.5, 0.6) is 11.5 Å². The lowest BCUT2D eigenvalue weighted by Crippen LogP contribution is -2.34. The van der Waals surface area contributed by atoms with Gasteiger partial charge in [0.25, 0.3) is 0 Å². The molecular formula is C23H25F2N3O2. The molecule has 1 aliphatic heterocycles. The Kier molecular flexibility index (Phi) is 5.99. The molecule has 0 amide bonds. The predicted octanol–water partition coefficient (Wildman–Crippen LogP) is 4.75. The number of methoxy groups -OCH3 is 2. The first-order valence-electron chi connectivity index (χ1n) is 10.0. The molecular weight excluding hydrogens is 388 g/mol. The summed E-state index contributed by atoms with van der Waals surface area (Å²) in [4.78, 5) is 2.34. The first kappa shape index (κ1) is 20.3. The van der Waals surface area contributed by atoms with Crippen LogP contribution in [0.25, 0.3) is 11.1 Å². The molecule has 4 rings (SSSR count). The third-order valence-corrected chi connectivity index (χ3v) is 5.67. The Bertz CT molecular complexity index is 1000. The number of benzene rings is 2. The maximum atomic E-state index is 14.3. The van der Waals surface area contributed by atoms with Crippen molar-refractivity contribution in [3.05, 3.63) is 65.5 Å². The molecule has 0 spiro atoms. The van der Waals surface area contributed by atoms with Gasteiger partial charge >= 0.3 is 0 Å². The molecule has 1 N–H and O–H groups in total. The quantitative estimate of drug-likeness (QED) is 0.634. The highest BCUT2D eigenvalue weighted by atomic mass is 19.1. The minimum atomic E-state index is -0.573. The number of halogens is 2. The zero-order chi connectivity index (χ0) is 21.1. The molecule has 1 aromatic heterocycles. The molecule has 0 unspecified atom stereocenters. The Balaban J connectivity index is 1.54. The van der Waals surface area contributed by atoms with Gasteiger partial charge in [-0.2, -0.15) is 5.10 Å². The average Bonchev–Trinajstić information content (AvgIpc) is 3.23. The summed E-state index contributed by atoms with van der Waals surface area (Å²) >= 11 is 0. The summed E-state index contributed by atoms with van der Waals surface area (Å²) < 4.78 is 39.4. The van der Waals surface area contributed by atoms with E-state index >= 15 is 0 Å². The minimum Gasteiger partial charge on any atom is -0.493 e. The van der Waals surface area contributed by atoms with Crippen LogP contribution in [0.4, 0.5) is 8.78 Å². The molecule has 3 aromatic rings. The van der Waals surface area contributed by atoms with Crippen LogP contribution in [0.15, 0.2) is 42.6 Å². The number of piperidine rings is 1. The lowest BCUT2D eigenvalue weighted by atomic mass is 9.90. The van der Waals surface area contributed by atoms with Gasteiger partial charge in [0.05, 0.1) is 26.0 Å². The van der Waals surface area contributed by atoms with Gasteiger partial charge < -0.3 is 9.47 Å². The van der Waals surface area contributed by atoms with Crippen LogP contribution < -0.4 is 9.47 Å². The van der Waals surface area contributed by atoms with Gasteiger partial charge in [0.15, 0.2) is 11.5 Å². The van der Waals surface area contributed by atoms with E-state index < -0.39 is 11.6 Å². The van der Waals surface area contributed by atoms with Crippen LogP contribution in [0.3, 0.4) is 0 Å². The average molecular weight is 413 g/mol. The Hall–Kier alpha value is -2.93. The second-order valence-corrected chi connectivity index (χ2v) is 7.56. The van der Waals surface area contributed by atoms with Gasteiger partial charge in [-0.05, 0) is 49.2 Å². The fraction of sp³-hybridized carbons (Fsp3) is 0.348. The van der Waals surface area contributed by atoms with Gasteiger partial charge in [-0.3, -0.25) is 10.00 Å². The predicted molar refractivity (Wildman–Crippen MR) is 111 cm³/mol. The third-order valence-electron chi connectivity index (χ3n) is 5.67. The van der Waals surface area contributed by atoms with Crippen LogP contribution >= 0.6 is 0 Å². The number of ether oxygens (including phenoxy) is 2. The van der Waals surface area contributed by atoms with Crippen LogP contribution in [0.2, 0.25) is 0 Å². The Labute approximate surface area is 174 Å². The van der Waals surface area contributed by atoms with Gasteiger partial charge in [-0.25, -0.2) is 8.78 Å². The molecule has 7 heteroatoms. The van der Waals surface area contributed by atoms with Gasteiger partial charge in [-0.1, -0.05) is 12.1 Å². The molecule has 0 bridgehead atoms. The topological polar surface area (TPSA) is 50.4 Å². The Morgan fingerprint density at radius 3 is 2.60 bits per heavy atom. The van der Waals surface area contributed by atoms with E-state index in [9.17, 15) is 8.78 Å². The van der Waals surface area contributed by atoms with Gasteiger partial charge in [-0.15, -0.1) is 0 Å². The van der Waals surface area contributed by atoms with E-state index in [0.717, 1.165) is 43.7 Å². The van der Waals surface area contributed by atoms with Crippen LogP contribution in [-0.2, 0) is 6.54 Å². The van der Waals surface area contributed by atoms with Crippen molar-refractivity contribution >= 4 is 0 Å². The largest absolute Gasteiger partial charge is 0.493 e. The van der Waals surface area contributed by atoms with Crippen LogP contribution in [0.1, 0.15) is 30.0 Å². The molecule has 5 nitrogen and oxygen atoms in total. The number of nitrogens with one attached hydrogen (secondary N) is 1. The van der Waals surface area contributed by atoms with Gasteiger partial charge in [0, 0.05) is 30.3 Å². The third kappa shape index (κ3) is 4.03. The molecule has 1 atom stereocenters. The van der Waals surface area contributed by atoms with Crippen molar-refractivity contribution in [3.8, 4) is 22.6 Å². The number of rotatable bonds is 6. The molecule has 30 heavy (non-hydrogen) atoms. The molecule has 2 heterocycles. The zero-order valence-electron chi connectivity index (χ0n) is 17.1. The first-order valence-corrected chi connectivity index (χ1v) is 10.0. The highest BCUT2D eigenvalue weighted by Crippen LogP contribution is 2.36. The summed E-state index contributed by atoms with van der Waals surface area (Å²) in [6, 6.07) is 9.85. The molecule has 2 aromatic carbocycles. The molecule has 0 aliphatic carbocycles. The summed E-state index contributed by atoms with van der Waals surface area (Å²) in [5, 5.41) is 7.10. The second kappa shape index (κ2) is 8.83. The molecule has 1 saturated heterocycles. The number of hydrogen-bond acceptors (Lipinski definition) is 4. The van der Waals surface area contributed by atoms with E-state index in [0.29, 0.717) is 17.1 Å². The van der Waals surface area contributed by atoms with Crippen LogP contribution in [-0.4, -0.2) is 42.4 Å². The molecule has 0 radical (unpaired) electrons. The van der Waals surface area contributed by atoms with E-state index in [1.807, 2.05) is 18.2 Å². The van der Waals surface area contributed by atoms with Crippen molar-refractivity contribution in [1.82, 2.24) is 15.1 Å². The molecule has 1 aliphatic rings. The standard InChI is InChI=1S/C23H25F2N3O2/c1-29-20-9-8-15(11-21(20)30-2)13-28-10-4-5-16(14-28)23-17(12-26-27-23)22-18(24)6-3-7-19(22)25/h3,6-9,11-12,16H,4-5,10,13-14H2,1-2H3,(H,26,27)/t16-/m1/s1. The summed E-state index contributed by atoms with van der Waals surface area (Å²) in [6.07, 6.45) is 3.45. The maximum Gasteiger partial charge on any atom is 0.161 e. The number of likely N-dealkylation sites (tertiary alicyclic amines) is 1. The summed E-state index contributed by atoms with van der Waals surface area (Å²) in [6.45, 7) is 2.50. The van der Waals surface area contributed by atoms with Crippen molar-refractivity contribution in [1.29, 1.82) is 0 Å². The number of nitrogens with zero attached hydrogens (tertiary/aromatic N) is 2. The van der Waals surface area contributed by atoms with Crippen molar-refractivity contribution in [2.24, 2.45) is 0 Å². The van der Waals surface area contributed by atoms with E-state index in [1.54, 1.807) is 14.2 Å². The van der Waals surface area contributed by atoms with Crippen molar-refractivity contribution in [3.63, 3.8) is 0 Å². The smallest absolute Gasteiger partial charge is 0.161 e. The second-order valence-electron chi connectivity index (χ2n) is 7.56. The number of aromatic amines is 1. The SMILES string of the molecule is COc1ccc(CN2CCC[C@@H](c3[nH]ncc3-c3c(F)cccc3F)C2)cc1OC. The fourth-order valence-corrected chi connectivity index (χ4v) is 4.23. The van der Waals surface area contributed by atoms with E-state index in [2.05, 4.69) is 15.1 Å². The van der Waals surface area contributed by atoms with Gasteiger partial charge in [0.1, 0.15) is 11.6 Å². The van der Waals surface area contributed by atoms with Crippen molar-refractivity contribution < 1.29 is 18.3 Å². The number of H-pyrrole nitrogens is 1. The van der Waals surface area contributed by atoms with E-state index in [4.69, 9.17) is 9.47 Å². The molecule has 158 valence electrons. The van der Waals surface area contributed by atoms with Crippen molar-refractivity contribution in [2.45, 2.75) is 25.3 Å². The molecule has 1 fully saturated rings. The molecule has 0 saturated carbocycles. The lowest BCUT2D eigenvalue weighted by Gasteiger charge is -2.32. The van der Waals surface area contributed by atoms with Crippen molar-refractivity contribution in [2.75, 3.05) is 27.3 Å². The Morgan fingerprint density at radius 1 is 1.10 bits per heavy atom. The van der Waals surface area contributed by atoms with E-state index in [1.165, 1.54) is 24.4 Å².